The number of hydrogen-bond acceptors (Lipinski definition) is 2. The zero-order chi connectivity index (χ0) is 19.5. The monoisotopic (exact) mass is 382 g/mol. The summed E-state index contributed by atoms with van der Waals surface area (Å²) >= 11 is 0. The van der Waals surface area contributed by atoms with Gasteiger partial charge in [-0.2, -0.15) is 0 Å². The van der Waals surface area contributed by atoms with Gasteiger partial charge < -0.3 is 5.32 Å². The third kappa shape index (κ3) is 2.65. The minimum atomic E-state index is -0.214. The standard InChI is InChI=1S/C25H35FN2/c1-24-10-8-19(27-3)13-17(24)4-5-20-22-7-6-21(16-12-18(26)15-28-14-16)25(22,2)11-9-23(20)24/h6,12,14-15,17,19-20,22-23,27H,4-5,7-11,13H2,1-3H3/t17?,19?,20-,22?,23-,24-,25+/m0/s1. The SMILES string of the molecule is CNC1CC[C@@]2(C)C(CC[C@H]3C4CC=C(c5cncc(F)c5)[C@@]4(C)CC[C@@H]32)C1. The highest BCUT2D eigenvalue weighted by Crippen LogP contribution is 2.67. The van der Waals surface area contributed by atoms with Crippen LogP contribution in [0.25, 0.3) is 5.57 Å². The Morgan fingerprint density at radius 3 is 2.71 bits per heavy atom. The maximum atomic E-state index is 13.8. The molecule has 0 aliphatic heterocycles. The number of aromatic nitrogens is 1. The average Bonchev–Trinajstić information content (AvgIpc) is 3.04. The van der Waals surface area contributed by atoms with Crippen molar-refractivity contribution in [1.29, 1.82) is 0 Å². The molecule has 0 radical (unpaired) electrons. The largest absolute Gasteiger partial charge is 0.317 e. The molecule has 1 aromatic heterocycles. The molecule has 7 atom stereocenters. The lowest BCUT2D eigenvalue weighted by Gasteiger charge is -2.61. The van der Waals surface area contributed by atoms with E-state index in [2.05, 4.69) is 37.3 Å². The summed E-state index contributed by atoms with van der Waals surface area (Å²) in [7, 11) is 2.14. The molecule has 4 aliphatic rings. The molecule has 0 amide bonds. The Morgan fingerprint density at radius 2 is 1.93 bits per heavy atom. The summed E-state index contributed by atoms with van der Waals surface area (Å²) in [5.41, 5.74) is 3.11. The van der Waals surface area contributed by atoms with Crippen molar-refractivity contribution >= 4 is 5.57 Å². The van der Waals surface area contributed by atoms with Crippen molar-refractivity contribution in [3.63, 3.8) is 0 Å². The fraction of sp³-hybridized carbons (Fsp3) is 0.720. The van der Waals surface area contributed by atoms with E-state index in [0.717, 1.165) is 35.3 Å². The van der Waals surface area contributed by atoms with E-state index < -0.39 is 0 Å². The van der Waals surface area contributed by atoms with Gasteiger partial charge in [0.05, 0.1) is 6.20 Å². The lowest BCUT2D eigenvalue weighted by atomic mass is 9.44. The number of fused-ring (bicyclic) bond motifs is 5. The molecule has 28 heavy (non-hydrogen) atoms. The van der Waals surface area contributed by atoms with E-state index in [0.29, 0.717) is 5.41 Å². The highest BCUT2D eigenvalue weighted by atomic mass is 19.1. The molecule has 3 fully saturated rings. The second-order valence-corrected chi connectivity index (χ2v) is 10.6. The molecule has 5 rings (SSSR count). The number of nitrogens with zero attached hydrogens (tertiary/aromatic N) is 1. The molecule has 0 aromatic carbocycles. The van der Waals surface area contributed by atoms with Gasteiger partial charge in [0, 0.05) is 12.2 Å². The first-order chi connectivity index (χ1) is 13.5. The number of rotatable bonds is 2. The van der Waals surface area contributed by atoms with Crippen LogP contribution in [0.3, 0.4) is 0 Å². The lowest BCUT2D eigenvalue weighted by Crippen LogP contribution is -2.54. The maximum Gasteiger partial charge on any atom is 0.142 e. The smallest absolute Gasteiger partial charge is 0.142 e. The second kappa shape index (κ2) is 6.65. The van der Waals surface area contributed by atoms with Crippen LogP contribution in [0, 0.1) is 40.3 Å². The molecule has 3 heteroatoms. The minimum Gasteiger partial charge on any atom is -0.317 e. The van der Waals surface area contributed by atoms with Crippen LogP contribution in [0.1, 0.15) is 70.8 Å². The van der Waals surface area contributed by atoms with Crippen molar-refractivity contribution in [1.82, 2.24) is 10.3 Å². The third-order valence-corrected chi connectivity index (χ3v) is 9.67. The number of hydrogen-bond donors (Lipinski definition) is 1. The third-order valence-electron chi connectivity index (χ3n) is 9.67. The van der Waals surface area contributed by atoms with Crippen molar-refractivity contribution in [2.24, 2.45) is 34.5 Å². The Bertz CT molecular complexity index is 789. The summed E-state index contributed by atoms with van der Waals surface area (Å²) in [4.78, 5) is 4.14. The quantitative estimate of drug-likeness (QED) is 0.694. The summed E-state index contributed by atoms with van der Waals surface area (Å²) < 4.78 is 13.8. The molecule has 1 aromatic rings. The fourth-order valence-corrected chi connectivity index (χ4v) is 8.09. The van der Waals surface area contributed by atoms with Crippen molar-refractivity contribution in [2.75, 3.05) is 7.05 Å². The van der Waals surface area contributed by atoms with Gasteiger partial charge in [-0.25, -0.2) is 4.39 Å². The van der Waals surface area contributed by atoms with E-state index in [-0.39, 0.29) is 11.2 Å². The van der Waals surface area contributed by atoms with Gasteiger partial charge in [0.15, 0.2) is 0 Å². The topological polar surface area (TPSA) is 24.9 Å². The summed E-state index contributed by atoms with van der Waals surface area (Å²) in [5, 5.41) is 3.55. The maximum absolute atomic E-state index is 13.8. The van der Waals surface area contributed by atoms with E-state index in [1.807, 2.05) is 6.20 Å². The number of allylic oxidation sites excluding steroid dienone is 2. The van der Waals surface area contributed by atoms with Gasteiger partial charge in [-0.3, -0.25) is 4.98 Å². The van der Waals surface area contributed by atoms with Gasteiger partial charge in [-0.05, 0) is 110 Å². The van der Waals surface area contributed by atoms with Crippen LogP contribution >= 0.6 is 0 Å². The summed E-state index contributed by atoms with van der Waals surface area (Å²) in [5.74, 6) is 3.12. The Kier molecular flexibility index (Phi) is 4.46. The van der Waals surface area contributed by atoms with E-state index in [1.54, 1.807) is 6.07 Å². The molecule has 152 valence electrons. The molecule has 3 saturated carbocycles. The van der Waals surface area contributed by atoms with Crippen molar-refractivity contribution in [3.05, 3.63) is 35.9 Å². The van der Waals surface area contributed by atoms with Gasteiger partial charge in [0.25, 0.3) is 0 Å². The van der Waals surface area contributed by atoms with Gasteiger partial charge in [0.2, 0.25) is 0 Å². The Morgan fingerprint density at radius 1 is 1.07 bits per heavy atom. The second-order valence-electron chi connectivity index (χ2n) is 10.6. The lowest BCUT2D eigenvalue weighted by molar-refractivity contribution is -0.0996. The van der Waals surface area contributed by atoms with Gasteiger partial charge in [0.1, 0.15) is 5.82 Å². The van der Waals surface area contributed by atoms with E-state index in [4.69, 9.17) is 0 Å². The van der Waals surface area contributed by atoms with Gasteiger partial charge in [-0.1, -0.05) is 19.9 Å². The number of halogens is 1. The predicted molar refractivity (Wildman–Crippen MR) is 112 cm³/mol. The van der Waals surface area contributed by atoms with Crippen LogP contribution in [0.4, 0.5) is 4.39 Å². The molecular weight excluding hydrogens is 347 g/mol. The van der Waals surface area contributed by atoms with E-state index in [1.165, 1.54) is 63.1 Å². The zero-order valence-corrected chi connectivity index (χ0v) is 17.7. The minimum absolute atomic E-state index is 0.196. The van der Waals surface area contributed by atoms with E-state index >= 15 is 0 Å². The summed E-state index contributed by atoms with van der Waals surface area (Å²) in [6.07, 6.45) is 16.3. The summed E-state index contributed by atoms with van der Waals surface area (Å²) in [6.45, 7) is 5.09. The molecule has 4 aliphatic carbocycles. The van der Waals surface area contributed by atoms with Crippen molar-refractivity contribution < 1.29 is 4.39 Å². The first kappa shape index (κ1) is 18.8. The molecule has 3 unspecified atom stereocenters. The van der Waals surface area contributed by atoms with Crippen LogP contribution in [-0.2, 0) is 0 Å². The van der Waals surface area contributed by atoms with Crippen molar-refractivity contribution in [3.8, 4) is 0 Å². The fourth-order valence-electron chi connectivity index (χ4n) is 8.09. The Hall–Kier alpha value is -1.22. The van der Waals surface area contributed by atoms with E-state index in [9.17, 15) is 4.39 Å². The van der Waals surface area contributed by atoms with Gasteiger partial charge in [-0.15, -0.1) is 0 Å². The van der Waals surface area contributed by atoms with Crippen LogP contribution in [0.5, 0.6) is 0 Å². The first-order valence-electron chi connectivity index (χ1n) is 11.4. The average molecular weight is 383 g/mol. The van der Waals surface area contributed by atoms with Crippen LogP contribution in [0.2, 0.25) is 0 Å². The molecule has 2 nitrogen and oxygen atoms in total. The highest BCUT2D eigenvalue weighted by Gasteiger charge is 2.58. The molecule has 0 bridgehead atoms. The normalized spacial score (nSPS) is 45.0. The molecular formula is C25H35FN2. The van der Waals surface area contributed by atoms with Crippen LogP contribution < -0.4 is 5.32 Å². The zero-order valence-electron chi connectivity index (χ0n) is 17.7. The molecule has 1 heterocycles. The first-order valence-corrected chi connectivity index (χ1v) is 11.4. The number of nitrogens with one attached hydrogen (secondary N) is 1. The Labute approximate surface area is 169 Å². The Balaban J connectivity index is 1.42. The number of pyridine rings is 1. The summed E-state index contributed by atoms with van der Waals surface area (Å²) in [6, 6.07) is 2.42. The highest BCUT2D eigenvalue weighted by molar-refractivity contribution is 5.72. The molecule has 1 N–H and O–H groups in total. The predicted octanol–water partition coefficient (Wildman–Crippen LogP) is 5.84. The molecule has 0 saturated heterocycles. The van der Waals surface area contributed by atoms with Crippen molar-refractivity contribution in [2.45, 2.75) is 71.3 Å². The van der Waals surface area contributed by atoms with Gasteiger partial charge >= 0.3 is 0 Å². The van der Waals surface area contributed by atoms with Crippen LogP contribution in [-0.4, -0.2) is 18.1 Å². The molecule has 0 spiro atoms. The van der Waals surface area contributed by atoms with Crippen LogP contribution in [0.15, 0.2) is 24.5 Å².